The third-order valence-corrected chi connectivity index (χ3v) is 6.05. The van der Waals surface area contributed by atoms with Crippen molar-refractivity contribution in [3.8, 4) is 11.1 Å². The van der Waals surface area contributed by atoms with Crippen LogP contribution in [0, 0.1) is 0 Å². The lowest BCUT2D eigenvalue weighted by Gasteiger charge is -2.28. The average molecular weight is 526 g/mol. The van der Waals surface area contributed by atoms with Crippen molar-refractivity contribution in [3.05, 3.63) is 59.7 Å². The predicted molar refractivity (Wildman–Crippen MR) is 140 cm³/mol. The Hall–Kier alpha value is -3.92. The van der Waals surface area contributed by atoms with Crippen LogP contribution in [0.1, 0.15) is 57.1 Å². The summed E-state index contributed by atoms with van der Waals surface area (Å²) in [5, 5.41) is 11.8. The van der Waals surface area contributed by atoms with Crippen molar-refractivity contribution in [2.75, 3.05) is 19.7 Å². The average Bonchev–Trinajstić information content (AvgIpc) is 3.17. The van der Waals surface area contributed by atoms with E-state index in [4.69, 9.17) is 15.2 Å². The molecular formula is C28H35N3O7. The highest BCUT2D eigenvalue weighted by Gasteiger charge is 2.35. The highest BCUT2D eigenvalue weighted by Crippen LogP contribution is 2.44. The zero-order chi connectivity index (χ0) is 27.9. The van der Waals surface area contributed by atoms with E-state index in [9.17, 15) is 24.3 Å². The van der Waals surface area contributed by atoms with Gasteiger partial charge in [0.15, 0.2) is 0 Å². The number of unbranched alkanes of at least 4 members (excludes halogenated alkanes) is 1. The number of ether oxygens (including phenoxy) is 2. The molecular weight excluding hydrogens is 490 g/mol. The molecule has 1 aliphatic carbocycles. The van der Waals surface area contributed by atoms with Gasteiger partial charge in [0.1, 0.15) is 24.8 Å². The number of imide groups is 1. The summed E-state index contributed by atoms with van der Waals surface area (Å²) in [6.45, 7) is 4.30. The number of rotatable bonds is 10. The van der Waals surface area contributed by atoms with Crippen LogP contribution in [0.2, 0.25) is 0 Å². The van der Waals surface area contributed by atoms with Crippen molar-refractivity contribution in [3.63, 3.8) is 0 Å². The Labute approximate surface area is 222 Å². The lowest BCUT2D eigenvalue weighted by molar-refractivity contribution is -0.144. The Bertz CT molecular complexity index is 1130. The molecule has 0 unspecified atom stereocenters. The van der Waals surface area contributed by atoms with E-state index in [2.05, 4.69) is 5.32 Å². The minimum absolute atomic E-state index is 0.0362. The van der Waals surface area contributed by atoms with Gasteiger partial charge in [0.25, 0.3) is 5.91 Å². The van der Waals surface area contributed by atoms with Gasteiger partial charge in [-0.25, -0.2) is 14.5 Å². The summed E-state index contributed by atoms with van der Waals surface area (Å²) in [4.78, 5) is 50.7. The fourth-order valence-electron chi connectivity index (χ4n) is 4.41. The first-order chi connectivity index (χ1) is 18.0. The fourth-order valence-corrected chi connectivity index (χ4v) is 4.41. The molecule has 2 aromatic carbocycles. The zero-order valence-electron chi connectivity index (χ0n) is 21.9. The van der Waals surface area contributed by atoms with Gasteiger partial charge in [-0.2, -0.15) is 0 Å². The van der Waals surface area contributed by atoms with Gasteiger partial charge in [-0.15, -0.1) is 0 Å². The molecule has 10 heteroatoms. The van der Waals surface area contributed by atoms with Crippen LogP contribution in [0.3, 0.4) is 0 Å². The first-order valence-electron chi connectivity index (χ1n) is 12.6. The number of nitrogens with one attached hydrogen (secondary N) is 1. The molecule has 0 aliphatic heterocycles. The number of fused-ring (bicyclic) bond motifs is 3. The number of aliphatic carboxylic acids is 1. The number of carbonyl (C=O) groups excluding carboxylic acids is 3. The van der Waals surface area contributed by atoms with Gasteiger partial charge in [0.05, 0.1) is 0 Å². The van der Waals surface area contributed by atoms with E-state index >= 15 is 0 Å². The van der Waals surface area contributed by atoms with E-state index in [0.29, 0.717) is 24.3 Å². The number of carboxylic acid groups (broad SMARTS) is 1. The smallest absolute Gasteiger partial charge is 0.417 e. The van der Waals surface area contributed by atoms with Crippen LogP contribution in [-0.4, -0.2) is 65.4 Å². The number of carboxylic acids is 1. The van der Waals surface area contributed by atoms with E-state index in [-0.39, 0.29) is 18.9 Å². The third kappa shape index (κ3) is 7.32. The maximum absolute atomic E-state index is 13.3. The molecule has 1 atom stereocenters. The number of amides is 3. The topological polar surface area (TPSA) is 148 Å². The van der Waals surface area contributed by atoms with E-state index < -0.39 is 42.3 Å². The van der Waals surface area contributed by atoms with E-state index in [1.165, 1.54) is 0 Å². The maximum atomic E-state index is 13.3. The summed E-state index contributed by atoms with van der Waals surface area (Å²) in [5.74, 6) is -2.47. The largest absolute Gasteiger partial charge is 0.480 e. The van der Waals surface area contributed by atoms with E-state index in [0.717, 1.165) is 22.3 Å². The molecule has 4 N–H and O–H groups in total. The molecule has 0 heterocycles. The lowest BCUT2D eigenvalue weighted by atomic mass is 9.98. The van der Waals surface area contributed by atoms with Gasteiger partial charge < -0.3 is 25.6 Å². The lowest BCUT2D eigenvalue weighted by Crippen LogP contribution is -2.53. The van der Waals surface area contributed by atoms with Crippen molar-refractivity contribution in [2.24, 2.45) is 5.73 Å². The van der Waals surface area contributed by atoms with Crippen LogP contribution < -0.4 is 11.1 Å². The molecule has 1 aliphatic rings. The molecule has 0 saturated carbocycles. The van der Waals surface area contributed by atoms with Crippen LogP contribution in [0.15, 0.2) is 48.5 Å². The first-order valence-corrected chi connectivity index (χ1v) is 12.6. The van der Waals surface area contributed by atoms with Gasteiger partial charge in [0, 0.05) is 5.92 Å². The molecule has 3 rings (SSSR count). The van der Waals surface area contributed by atoms with Crippen LogP contribution in [-0.2, 0) is 19.1 Å². The normalized spacial score (nSPS) is 13.2. The Balaban J connectivity index is 1.74. The second kappa shape index (κ2) is 12.6. The Kier molecular flexibility index (Phi) is 9.46. The van der Waals surface area contributed by atoms with E-state index in [1.54, 1.807) is 20.8 Å². The van der Waals surface area contributed by atoms with Crippen molar-refractivity contribution in [1.29, 1.82) is 0 Å². The highest BCUT2D eigenvalue weighted by atomic mass is 16.6. The Morgan fingerprint density at radius 1 is 1.00 bits per heavy atom. The predicted octanol–water partition coefficient (Wildman–Crippen LogP) is 3.87. The number of carbonyl (C=O) groups is 4. The molecule has 0 saturated heterocycles. The SMILES string of the molecule is CC(C)(C)OC(=O)N(CC(=O)O)C(=O)[C@H](CCCCN)NC(=O)OCC1c2ccccc2-c2ccccc21. The highest BCUT2D eigenvalue weighted by molar-refractivity contribution is 5.99. The van der Waals surface area contributed by atoms with Crippen LogP contribution in [0.25, 0.3) is 11.1 Å². The van der Waals surface area contributed by atoms with Crippen molar-refractivity contribution in [1.82, 2.24) is 10.2 Å². The fraction of sp³-hybridized carbons (Fsp3) is 0.429. The van der Waals surface area contributed by atoms with Crippen molar-refractivity contribution >= 4 is 24.1 Å². The van der Waals surface area contributed by atoms with Crippen LogP contribution >= 0.6 is 0 Å². The maximum Gasteiger partial charge on any atom is 0.417 e. The minimum atomic E-state index is -1.40. The third-order valence-electron chi connectivity index (χ3n) is 6.05. The standard InChI is InChI=1S/C28H35N3O7/c1-28(2,3)38-27(36)31(16-24(32)33)25(34)23(14-8-9-15-29)30-26(35)37-17-22-20-12-6-4-10-18(20)19-11-5-7-13-21(19)22/h4-7,10-13,22-23H,8-9,14-17,29H2,1-3H3,(H,30,35)(H,32,33)/t23-/m0/s1. The van der Waals surface area contributed by atoms with Gasteiger partial charge in [-0.3, -0.25) is 9.59 Å². The second-order valence-corrected chi connectivity index (χ2v) is 10.1. The molecule has 2 aromatic rings. The zero-order valence-corrected chi connectivity index (χ0v) is 21.9. The molecule has 204 valence electrons. The van der Waals surface area contributed by atoms with Gasteiger partial charge in [-0.1, -0.05) is 48.5 Å². The van der Waals surface area contributed by atoms with Gasteiger partial charge >= 0.3 is 18.2 Å². The molecule has 38 heavy (non-hydrogen) atoms. The monoisotopic (exact) mass is 525 g/mol. The first kappa shape index (κ1) is 28.6. The number of alkyl carbamates (subject to hydrolysis) is 1. The molecule has 3 amide bonds. The number of benzene rings is 2. The number of hydrogen-bond donors (Lipinski definition) is 3. The number of nitrogens with two attached hydrogens (primary N) is 1. The Morgan fingerprint density at radius 3 is 2.11 bits per heavy atom. The van der Waals surface area contributed by atoms with Gasteiger partial charge in [-0.05, 0) is 68.8 Å². The van der Waals surface area contributed by atoms with Gasteiger partial charge in [0.2, 0.25) is 0 Å². The van der Waals surface area contributed by atoms with Crippen molar-refractivity contribution < 1.29 is 33.8 Å². The summed E-state index contributed by atoms with van der Waals surface area (Å²) in [6, 6.07) is 14.6. The summed E-state index contributed by atoms with van der Waals surface area (Å²) in [7, 11) is 0. The molecule has 0 spiro atoms. The molecule has 0 aromatic heterocycles. The molecule has 0 bridgehead atoms. The molecule has 0 radical (unpaired) electrons. The summed E-state index contributed by atoms with van der Waals surface area (Å²) < 4.78 is 10.8. The Morgan fingerprint density at radius 2 is 1.58 bits per heavy atom. The summed E-state index contributed by atoms with van der Waals surface area (Å²) >= 11 is 0. The number of nitrogens with zero attached hydrogens (tertiary/aromatic N) is 1. The van der Waals surface area contributed by atoms with Crippen LogP contribution in [0.4, 0.5) is 9.59 Å². The number of hydrogen-bond acceptors (Lipinski definition) is 7. The van der Waals surface area contributed by atoms with E-state index in [1.807, 2.05) is 48.5 Å². The summed E-state index contributed by atoms with van der Waals surface area (Å²) in [5.41, 5.74) is 8.84. The molecule has 10 nitrogen and oxygen atoms in total. The molecule has 0 fully saturated rings. The summed E-state index contributed by atoms with van der Waals surface area (Å²) in [6.07, 6.45) is -0.785. The quantitative estimate of drug-likeness (QED) is 0.396. The van der Waals surface area contributed by atoms with Crippen molar-refractivity contribution in [2.45, 2.75) is 57.6 Å². The minimum Gasteiger partial charge on any atom is -0.480 e. The second-order valence-electron chi connectivity index (χ2n) is 10.1. The van der Waals surface area contributed by atoms with Crippen LogP contribution in [0.5, 0.6) is 0 Å².